The SMILES string of the molecule is CC(C)(C)OC(=O)NC[C@@H](N)C1CCC1. The lowest BCUT2D eigenvalue weighted by Gasteiger charge is -2.31. The lowest BCUT2D eigenvalue weighted by molar-refractivity contribution is 0.0517. The highest BCUT2D eigenvalue weighted by atomic mass is 16.6. The lowest BCUT2D eigenvalue weighted by atomic mass is 9.80. The second-order valence-corrected chi connectivity index (χ2v) is 5.24. The van der Waals surface area contributed by atoms with E-state index in [1.54, 1.807) is 0 Å². The highest BCUT2D eigenvalue weighted by molar-refractivity contribution is 5.67. The Bertz CT molecular complexity index is 219. The van der Waals surface area contributed by atoms with Crippen molar-refractivity contribution in [2.75, 3.05) is 6.54 Å². The lowest BCUT2D eigenvalue weighted by Crippen LogP contribution is -2.45. The van der Waals surface area contributed by atoms with Crippen LogP contribution < -0.4 is 11.1 Å². The molecule has 1 atom stereocenters. The van der Waals surface area contributed by atoms with Crippen LogP contribution in [0.4, 0.5) is 4.79 Å². The van der Waals surface area contributed by atoms with Crippen molar-refractivity contribution in [3.05, 3.63) is 0 Å². The summed E-state index contributed by atoms with van der Waals surface area (Å²) in [6, 6.07) is 0.0752. The van der Waals surface area contributed by atoms with Crippen LogP contribution in [-0.2, 0) is 4.74 Å². The van der Waals surface area contributed by atoms with E-state index in [0.717, 1.165) is 0 Å². The smallest absolute Gasteiger partial charge is 0.407 e. The zero-order chi connectivity index (χ0) is 11.5. The van der Waals surface area contributed by atoms with Gasteiger partial charge in [-0.2, -0.15) is 0 Å². The average molecular weight is 214 g/mol. The van der Waals surface area contributed by atoms with E-state index in [1.807, 2.05) is 20.8 Å². The summed E-state index contributed by atoms with van der Waals surface area (Å²) in [5.74, 6) is 0.583. The summed E-state index contributed by atoms with van der Waals surface area (Å²) in [5, 5.41) is 2.70. The molecule has 0 bridgehead atoms. The van der Waals surface area contributed by atoms with Gasteiger partial charge in [0.05, 0.1) is 0 Å². The third kappa shape index (κ3) is 4.51. The summed E-state index contributed by atoms with van der Waals surface area (Å²) >= 11 is 0. The van der Waals surface area contributed by atoms with Gasteiger partial charge in [-0.05, 0) is 39.5 Å². The molecule has 3 N–H and O–H groups in total. The number of carbonyl (C=O) groups is 1. The van der Waals surface area contributed by atoms with E-state index in [4.69, 9.17) is 10.5 Å². The molecule has 4 nitrogen and oxygen atoms in total. The van der Waals surface area contributed by atoms with Crippen LogP contribution in [0.2, 0.25) is 0 Å². The van der Waals surface area contributed by atoms with Gasteiger partial charge in [0.25, 0.3) is 0 Å². The van der Waals surface area contributed by atoms with Gasteiger partial charge < -0.3 is 15.8 Å². The van der Waals surface area contributed by atoms with E-state index in [2.05, 4.69) is 5.32 Å². The Hall–Kier alpha value is -0.770. The number of nitrogens with one attached hydrogen (secondary N) is 1. The number of carbonyl (C=O) groups excluding carboxylic acids is 1. The molecule has 0 spiro atoms. The van der Waals surface area contributed by atoms with Gasteiger partial charge in [-0.25, -0.2) is 4.79 Å². The zero-order valence-electron chi connectivity index (χ0n) is 9.88. The Labute approximate surface area is 91.5 Å². The molecule has 1 aliphatic rings. The molecule has 1 aliphatic carbocycles. The van der Waals surface area contributed by atoms with Gasteiger partial charge in [-0.1, -0.05) is 6.42 Å². The molecule has 0 aliphatic heterocycles. The molecule has 88 valence electrons. The molecule has 0 unspecified atom stereocenters. The average Bonchev–Trinajstić information content (AvgIpc) is 1.94. The standard InChI is InChI=1S/C11H22N2O2/c1-11(2,3)15-10(14)13-7-9(12)8-5-4-6-8/h8-9H,4-7,12H2,1-3H3,(H,13,14)/t9-/m1/s1. The Morgan fingerprint density at radius 1 is 1.53 bits per heavy atom. The van der Waals surface area contributed by atoms with Gasteiger partial charge in [0.2, 0.25) is 0 Å². The molecular weight excluding hydrogens is 192 g/mol. The molecule has 4 heteroatoms. The molecule has 15 heavy (non-hydrogen) atoms. The van der Waals surface area contributed by atoms with Crippen LogP contribution in [0.25, 0.3) is 0 Å². The number of ether oxygens (including phenoxy) is 1. The highest BCUT2D eigenvalue weighted by Gasteiger charge is 2.25. The summed E-state index contributed by atoms with van der Waals surface area (Å²) in [4.78, 5) is 11.3. The Morgan fingerprint density at radius 3 is 2.53 bits per heavy atom. The molecule has 1 saturated carbocycles. The zero-order valence-corrected chi connectivity index (χ0v) is 9.88. The number of rotatable bonds is 3. The fourth-order valence-electron chi connectivity index (χ4n) is 1.55. The summed E-state index contributed by atoms with van der Waals surface area (Å²) < 4.78 is 5.11. The van der Waals surface area contributed by atoms with E-state index in [-0.39, 0.29) is 12.1 Å². The number of amides is 1. The van der Waals surface area contributed by atoms with Crippen LogP contribution in [0.5, 0.6) is 0 Å². The molecule has 1 rings (SSSR count). The first-order valence-corrected chi connectivity index (χ1v) is 5.61. The van der Waals surface area contributed by atoms with Gasteiger partial charge in [0, 0.05) is 12.6 Å². The highest BCUT2D eigenvalue weighted by Crippen LogP contribution is 2.28. The van der Waals surface area contributed by atoms with Crippen LogP contribution in [0.15, 0.2) is 0 Å². The maximum absolute atomic E-state index is 11.3. The van der Waals surface area contributed by atoms with Gasteiger partial charge in [0.15, 0.2) is 0 Å². The van der Waals surface area contributed by atoms with Crippen molar-refractivity contribution in [3.63, 3.8) is 0 Å². The third-order valence-electron chi connectivity index (χ3n) is 2.64. The van der Waals surface area contributed by atoms with Gasteiger partial charge in [0.1, 0.15) is 5.60 Å². The molecule has 0 radical (unpaired) electrons. The van der Waals surface area contributed by atoms with E-state index < -0.39 is 5.60 Å². The van der Waals surface area contributed by atoms with Crippen LogP contribution in [0.3, 0.4) is 0 Å². The van der Waals surface area contributed by atoms with Crippen molar-refractivity contribution in [3.8, 4) is 0 Å². The fraction of sp³-hybridized carbons (Fsp3) is 0.909. The fourth-order valence-corrected chi connectivity index (χ4v) is 1.55. The monoisotopic (exact) mass is 214 g/mol. The van der Waals surface area contributed by atoms with Gasteiger partial charge in [-0.15, -0.1) is 0 Å². The van der Waals surface area contributed by atoms with Crippen molar-refractivity contribution < 1.29 is 9.53 Å². The van der Waals surface area contributed by atoms with Gasteiger partial charge in [-0.3, -0.25) is 0 Å². The largest absolute Gasteiger partial charge is 0.444 e. The second-order valence-electron chi connectivity index (χ2n) is 5.24. The van der Waals surface area contributed by atoms with Gasteiger partial charge >= 0.3 is 6.09 Å². The van der Waals surface area contributed by atoms with Crippen molar-refractivity contribution in [2.45, 2.75) is 51.7 Å². The molecule has 0 aromatic heterocycles. The van der Waals surface area contributed by atoms with Crippen LogP contribution >= 0.6 is 0 Å². The first kappa shape index (κ1) is 12.3. The van der Waals surface area contributed by atoms with Crippen molar-refractivity contribution in [1.29, 1.82) is 0 Å². The minimum Gasteiger partial charge on any atom is -0.444 e. The molecule has 1 amide bonds. The topological polar surface area (TPSA) is 64.3 Å². The Kier molecular flexibility index (Phi) is 3.97. The van der Waals surface area contributed by atoms with Crippen LogP contribution in [0.1, 0.15) is 40.0 Å². The summed E-state index contributed by atoms with van der Waals surface area (Å²) in [6.07, 6.45) is 3.27. The second kappa shape index (κ2) is 4.84. The molecule has 0 aromatic carbocycles. The molecular formula is C11H22N2O2. The van der Waals surface area contributed by atoms with Crippen molar-refractivity contribution >= 4 is 6.09 Å². The Morgan fingerprint density at radius 2 is 2.13 bits per heavy atom. The van der Waals surface area contributed by atoms with E-state index in [0.29, 0.717) is 12.5 Å². The summed E-state index contributed by atoms with van der Waals surface area (Å²) in [7, 11) is 0. The van der Waals surface area contributed by atoms with E-state index >= 15 is 0 Å². The molecule has 0 saturated heterocycles. The molecule has 1 fully saturated rings. The van der Waals surface area contributed by atoms with Crippen LogP contribution in [0, 0.1) is 5.92 Å². The first-order chi connectivity index (χ1) is 6.88. The first-order valence-electron chi connectivity index (χ1n) is 5.61. The maximum atomic E-state index is 11.3. The predicted octanol–water partition coefficient (Wildman–Crippen LogP) is 1.64. The quantitative estimate of drug-likeness (QED) is 0.750. The number of nitrogens with two attached hydrogens (primary N) is 1. The number of alkyl carbamates (subject to hydrolysis) is 1. The van der Waals surface area contributed by atoms with Crippen molar-refractivity contribution in [2.24, 2.45) is 11.7 Å². The van der Waals surface area contributed by atoms with E-state index in [1.165, 1.54) is 19.3 Å². The minimum absolute atomic E-state index is 0.0752. The summed E-state index contributed by atoms with van der Waals surface area (Å²) in [6.45, 7) is 6.05. The molecule has 0 heterocycles. The molecule has 0 aromatic rings. The number of hydrogen-bond acceptors (Lipinski definition) is 3. The maximum Gasteiger partial charge on any atom is 0.407 e. The third-order valence-corrected chi connectivity index (χ3v) is 2.64. The van der Waals surface area contributed by atoms with E-state index in [9.17, 15) is 4.79 Å². The van der Waals surface area contributed by atoms with Crippen molar-refractivity contribution in [1.82, 2.24) is 5.32 Å². The number of hydrogen-bond donors (Lipinski definition) is 2. The predicted molar refractivity (Wildman–Crippen MR) is 59.6 cm³/mol. The minimum atomic E-state index is -0.440. The normalized spacial score (nSPS) is 19.2. The summed E-state index contributed by atoms with van der Waals surface area (Å²) in [5.41, 5.74) is 5.48. The van der Waals surface area contributed by atoms with Crippen LogP contribution in [-0.4, -0.2) is 24.3 Å². The Balaban J connectivity index is 2.15.